The van der Waals surface area contributed by atoms with Crippen molar-refractivity contribution in [2.45, 2.75) is 32.8 Å². The highest BCUT2D eigenvalue weighted by molar-refractivity contribution is 9.10. The average molecular weight is 638 g/mol. The number of unbranched alkanes of at least 4 members (excludes halogenated alkanes) is 1. The lowest BCUT2D eigenvalue weighted by Gasteiger charge is -2.11. The summed E-state index contributed by atoms with van der Waals surface area (Å²) in [5.41, 5.74) is 2.11. The number of hydrogen-bond donors (Lipinski definition) is 0. The largest absolute Gasteiger partial charge is 0.488 e. The van der Waals surface area contributed by atoms with E-state index in [0.29, 0.717) is 45.5 Å². The van der Waals surface area contributed by atoms with Gasteiger partial charge in [-0.15, -0.1) is 0 Å². The molecule has 0 amide bonds. The SMILES string of the molecule is CCCCc1nc2ccc(Br)cc2c(=O)n1N=Cc1ccc(OCc2ccc(Cl)cc2Cl)c(Br)c1. The minimum atomic E-state index is -0.197. The van der Waals surface area contributed by atoms with Crippen LogP contribution in [-0.2, 0) is 13.0 Å². The standard InChI is InChI=1S/C26H21Br2Cl2N3O2/c1-2-3-4-25-32-23-9-7-18(27)12-20(23)26(34)33(25)31-14-16-5-10-24(21(28)11-16)35-15-17-6-8-19(29)13-22(17)30/h5-14H,2-4,15H2,1H3. The van der Waals surface area contributed by atoms with E-state index in [2.05, 4.69) is 43.9 Å². The molecule has 1 aromatic heterocycles. The molecular weight excluding hydrogens is 617 g/mol. The molecule has 0 spiro atoms. The Bertz CT molecular complexity index is 1470. The fourth-order valence-electron chi connectivity index (χ4n) is 3.44. The second-order valence-electron chi connectivity index (χ2n) is 7.87. The van der Waals surface area contributed by atoms with Gasteiger partial charge in [-0.05, 0) is 76.4 Å². The van der Waals surface area contributed by atoms with Gasteiger partial charge in [-0.25, -0.2) is 4.98 Å². The molecule has 35 heavy (non-hydrogen) atoms. The number of fused-ring (bicyclic) bond motifs is 1. The zero-order chi connectivity index (χ0) is 24.9. The van der Waals surface area contributed by atoms with Crippen molar-refractivity contribution in [1.29, 1.82) is 0 Å². The van der Waals surface area contributed by atoms with Gasteiger partial charge < -0.3 is 4.74 Å². The normalized spacial score (nSPS) is 11.5. The average Bonchev–Trinajstić information content (AvgIpc) is 2.83. The van der Waals surface area contributed by atoms with Crippen LogP contribution >= 0.6 is 55.1 Å². The van der Waals surface area contributed by atoms with Crippen molar-refractivity contribution in [1.82, 2.24) is 9.66 Å². The Labute approximate surface area is 230 Å². The summed E-state index contributed by atoms with van der Waals surface area (Å²) in [6, 6.07) is 16.4. The van der Waals surface area contributed by atoms with Gasteiger partial charge in [0.05, 0.1) is 21.6 Å². The predicted molar refractivity (Wildman–Crippen MR) is 150 cm³/mol. The summed E-state index contributed by atoms with van der Waals surface area (Å²) in [7, 11) is 0. The summed E-state index contributed by atoms with van der Waals surface area (Å²) in [6.45, 7) is 2.41. The molecule has 0 aliphatic heterocycles. The van der Waals surface area contributed by atoms with E-state index in [0.717, 1.165) is 32.9 Å². The summed E-state index contributed by atoms with van der Waals surface area (Å²) < 4.78 is 8.88. The second-order valence-corrected chi connectivity index (χ2v) is 10.5. The van der Waals surface area contributed by atoms with Crippen LogP contribution in [-0.4, -0.2) is 15.9 Å². The molecule has 4 aromatic rings. The number of aromatic nitrogens is 2. The van der Waals surface area contributed by atoms with Gasteiger partial charge in [-0.1, -0.05) is 58.5 Å². The molecule has 0 fully saturated rings. The molecule has 0 radical (unpaired) electrons. The van der Waals surface area contributed by atoms with E-state index in [1.165, 1.54) is 4.68 Å². The summed E-state index contributed by atoms with van der Waals surface area (Å²) >= 11 is 19.2. The van der Waals surface area contributed by atoms with E-state index in [1.54, 1.807) is 24.4 Å². The first kappa shape index (κ1) is 25.9. The summed E-state index contributed by atoms with van der Waals surface area (Å²) in [6.07, 6.45) is 4.22. The van der Waals surface area contributed by atoms with Gasteiger partial charge >= 0.3 is 0 Å². The number of halogens is 4. The Morgan fingerprint density at radius 3 is 2.66 bits per heavy atom. The van der Waals surface area contributed by atoms with Crippen LogP contribution in [0.5, 0.6) is 5.75 Å². The summed E-state index contributed by atoms with van der Waals surface area (Å²) in [4.78, 5) is 17.9. The molecule has 1 heterocycles. The Kier molecular flexibility index (Phi) is 8.65. The van der Waals surface area contributed by atoms with Crippen molar-refractivity contribution in [3.63, 3.8) is 0 Å². The van der Waals surface area contributed by atoms with Crippen molar-refractivity contribution in [3.8, 4) is 5.75 Å². The Morgan fingerprint density at radius 1 is 1.09 bits per heavy atom. The van der Waals surface area contributed by atoms with Gasteiger partial charge in [-0.3, -0.25) is 4.79 Å². The van der Waals surface area contributed by atoms with Crippen LogP contribution in [0.2, 0.25) is 10.0 Å². The van der Waals surface area contributed by atoms with Gasteiger partial charge in [0.25, 0.3) is 5.56 Å². The van der Waals surface area contributed by atoms with Crippen LogP contribution in [0.3, 0.4) is 0 Å². The number of aryl methyl sites for hydroxylation is 1. The molecule has 0 unspecified atom stereocenters. The third-order valence-electron chi connectivity index (χ3n) is 5.31. The van der Waals surface area contributed by atoms with E-state index in [-0.39, 0.29) is 5.56 Å². The minimum Gasteiger partial charge on any atom is -0.488 e. The molecule has 4 rings (SSSR count). The maximum Gasteiger partial charge on any atom is 0.282 e. The van der Waals surface area contributed by atoms with Gasteiger partial charge in [0.15, 0.2) is 0 Å². The molecule has 5 nitrogen and oxygen atoms in total. The molecule has 0 saturated heterocycles. The highest BCUT2D eigenvalue weighted by atomic mass is 79.9. The van der Waals surface area contributed by atoms with Crippen LogP contribution < -0.4 is 10.3 Å². The third-order valence-corrected chi connectivity index (χ3v) is 7.01. The predicted octanol–water partition coefficient (Wildman–Crippen LogP) is 8.03. The molecule has 3 aromatic carbocycles. The van der Waals surface area contributed by atoms with Crippen LogP contribution in [0.4, 0.5) is 0 Å². The zero-order valence-electron chi connectivity index (χ0n) is 18.8. The van der Waals surface area contributed by atoms with Crippen molar-refractivity contribution in [2.75, 3.05) is 0 Å². The number of ether oxygens (including phenoxy) is 1. The van der Waals surface area contributed by atoms with Gasteiger partial charge in [-0.2, -0.15) is 9.78 Å². The van der Waals surface area contributed by atoms with Crippen LogP contribution in [0.25, 0.3) is 10.9 Å². The molecule has 0 aliphatic carbocycles. The molecule has 9 heteroatoms. The minimum absolute atomic E-state index is 0.197. The van der Waals surface area contributed by atoms with Crippen LogP contribution in [0.15, 0.2) is 73.4 Å². The highest BCUT2D eigenvalue weighted by Crippen LogP contribution is 2.28. The maximum absolute atomic E-state index is 13.2. The molecular formula is C26H21Br2Cl2N3O2. The molecule has 0 atom stereocenters. The summed E-state index contributed by atoms with van der Waals surface area (Å²) in [5.74, 6) is 1.30. The molecule has 0 aliphatic rings. The second kappa shape index (κ2) is 11.7. The van der Waals surface area contributed by atoms with Gasteiger partial charge in [0, 0.05) is 26.5 Å². The van der Waals surface area contributed by atoms with E-state index in [1.807, 2.05) is 36.4 Å². The zero-order valence-corrected chi connectivity index (χ0v) is 23.5. The Balaban J connectivity index is 1.59. The molecule has 0 bridgehead atoms. The van der Waals surface area contributed by atoms with Crippen molar-refractivity contribution in [3.05, 3.63) is 101 Å². The number of rotatable bonds is 8. The lowest BCUT2D eigenvalue weighted by atomic mass is 10.2. The number of hydrogen-bond acceptors (Lipinski definition) is 4. The monoisotopic (exact) mass is 635 g/mol. The fourth-order valence-corrected chi connectivity index (χ4v) is 4.78. The molecule has 0 saturated carbocycles. The Morgan fingerprint density at radius 2 is 1.91 bits per heavy atom. The number of benzene rings is 3. The molecule has 0 N–H and O–H groups in total. The first-order chi connectivity index (χ1) is 16.9. The first-order valence-electron chi connectivity index (χ1n) is 11.0. The van der Waals surface area contributed by atoms with Crippen molar-refractivity contribution < 1.29 is 4.74 Å². The smallest absolute Gasteiger partial charge is 0.282 e. The van der Waals surface area contributed by atoms with Crippen LogP contribution in [0, 0.1) is 0 Å². The van der Waals surface area contributed by atoms with Crippen molar-refractivity contribution >= 4 is 72.2 Å². The van der Waals surface area contributed by atoms with E-state index >= 15 is 0 Å². The third kappa shape index (κ3) is 6.33. The summed E-state index contributed by atoms with van der Waals surface area (Å²) in [5, 5.41) is 6.15. The van der Waals surface area contributed by atoms with E-state index < -0.39 is 0 Å². The van der Waals surface area contributed by atoms with Crippen molar-refractivity contribution in [2.24, 2.45) is 5.10 Å². The quantitative estimate of drug-likeness (QED) is 0.184. The topological polar surface area (TPSA) is 56.5 Å². The maximum atomic E-state index is 13.2. The van der Waals surface area contributed by atoms with Gasteiger partial charge in [0.1, 0.15) is 18.2 Å². The number of nitrogens with zero attached hydrogens (tertiary/aromatic N) is 3. The van der Waals surface area contributed by atoms with E-state index in [9.17, 15) is 4.79 Å². The lowest BCUT2D eigenvalue weighted by Crippen LogP contribution is -2.22. The van der Waals surface area contributed by atoms with Gasteiger partial charge in [0.2, 0.25) is 0 Å². The van der Waals surface area contributed by atoms with Crippen LogP contribution in [0.1, 0.15) is 36.7 Å². The Hall–Kier alpha value is -2.19. The fraction of sp³-hybridized carbons (Fsp3) is 0.192. The highest BCUT2D eigenvalue weighted by Gasteiger charge is 2.11. The lowest BCUT2D eigenvalue weighted by molar-refractivity contribution is 0.304. The molecule has 180 valence electrons. The first-order valence-corrected chi connectivity index (χ1v) is 13.3. The van der Waals surface area contributed by atoms with E-state index in [4.69, 9.17) is 32.9 Å².